The van der Waals surface area contributed by atoms with E-state index < -0.39 is 7.12 Å². The van der Waals surface area contributed by atoms with Crippen LogP contribution in [0.4, 0.5) is 0 Å². The second-order valence-corrected chi connectivity index (χ2v) is 6.62. The quantitative estimate of drug-likeness (QED) is 0.652. The number of hydrogen-bond acceptors (Lipinski definition) is 2. The van der Waals surface area contributed by atoms with Crippen LogP contribution in [-0.2, 0) is 0 Å². The summed E-state index contributed by atoms with van der Waals surface area (Å²) in [6, 6.07) is 14.3. The Morgan fingerprint density at radius 3 is 1.83 bits per heavy atom. The lowest BCUT2D eigenvalue weighted by atomic mass is 9.77. The molecule has 23 heavy (non-hydrogen) atoms. The average molecular weight is 308 g/mol. The van der Waals surface area contributed by atoms with Crippen molar-refractivity contribution >= 4 is 24.7 Å². The van der Waals surface area contributed by atoms with Crippen molar-refractivity contribution in [3.63, 3.8) is 0 Å². The second-order valence-electron chi connectivity index (χ2n) is 6.62. The molecule has 2 nitrogen and oxygen atoms in total. The van der Waals surface area contributed by atoms with Crippen molar-refractivity contribution in [1.29, 1.82) is 0 Å². The van der Waals surface area contributed by atoms with E-state index in [2.05, 4.69) is 64.1 Å². The minimum Gasteiger partial charge on any atom is -0.423 e. The number of hydrogen-bond donors (Lipinski definition) is 2. The predicted molar refractivity (Wildman–Crippen MR) is 99.8 cm³/mol. The van der Waals surface area contributed by atoms with E-state index in [9.17, 15) is 10.0 Å². The molecule has 0 saturated heterocycles. The molecule has 2 aromatic rings. The first kappa shape index (κ1) is 17.5. The fourth-order valence-electron chi connectivity index (χ4n) is 2.47. The molecular formula is C20H25BO2. The first-order chi connectivity index (χ1) is 10.9. The van der Waals surface area contributed by atoms with Gasteiger partial charge in [-0.3, -0.25) is 0 Å². The first-order valence-electron chi connectivity index (χ1n) is 8.16. The van der Waals surface area contributed by atoms with E-state index in [1.165, 1.54) is 5.56 Å². The summed E-state index contributed by atoms with van der Waals surface area (Å²) in [5.74, 6) is 0.871. The normalized spacial score (nSPS) is 11.7. The Bertz CT molecular complexity index is 644. The Kier molecular flexibility index (Phi) is 5.81. The Morgan fingerprint density at radius 1 is 0.739 bits per heavy atom. The first-order valence-corrected chi connectivity index (χ1v) is 8.16. The van der Waals surface area contributed by atoms with Crippen molar-refractivity contribution < 1.29 is 10.0 Å². The summed E-state index contributed by atoms with van der Waals surface area (Å²) < 4.78 is 0. The standard InChI is InChI=1S/C20H25BO2/c1-14(2)18-9-7-16(8-10-18)5-6-17-11-19(15(3)4)13-20(12-17)21(22)23/h5-15,22-23H,1-4H3/b6-5+. The SMILES string of the molecule is CC(C)c1ccc(/C=C/c2cc(B(O)O)cc(C(C)C)c2)cc1. The molecule has 3 heteroatoms. The Hall–Kier alpha value is -1.84. The minimum atomic E-state index is -1.44. The van der Waals surface area contributed by atoms with Gasteiger partial charge >= 0.3 is 7.12 Å². The molecule has 0 aliphatic heterocycles. The van der Waals surface area contributed by atoms with Gasteiger partial charge in [0.2, 0.25) is 0 Å². The summed E-state index contributed by atoms with van der Waals surface area (Å²) >= 11 is 0. The van der Waals surface area contributed by atoms with E-state index in [-0.39, 0.29) is 0 Å². The third-order valence-corrected chi connectivity index (χ3v) is 4.04. The minimum absolute atomic E-state index is 0.339. The highest BCUT2D eigenvalue weighted by Crippen LogP contribution is 2.18. The van der Waals surface area contributed by atoms with Gasteiger partial charge in [0, 0.05) is 0 Å². The molecule has 0 radical (unpaired) electrons. The highest BCUT2D eigenvalue weighted by Gasteiger charge is 2.13. The summed E-state index contributed by atoms with van der Waals surface area (Å²) in [5, 5.41) is 18.9. The van der Waals surface area contributed by atoms with Gasteiger partial charge in [-0.2, -0.15) is 0 Å². The molecule has 2 rings (SSSR count). The molecule has 0 aliphatic carbocycles. The van der Waals surface area contributed by atoms with Crippen LogP contribution in [0.5, 0.6) is 0 Å². The van der Waals surface area contributed by atoms with Gasteiger partial charge in [0.15, 0.2) is 0 Å². The van der Waals surface area contributed by atoms with Gasteiger partial charge in [-0.05, 0) is 39.6 Å². The smallest absolute Gasteiger partial charge is 0.423 e. The van der Waals surface area contributed by atoms with Gasteiger partial charge in [-0.1, -0.05) is 82.3 Å². The molecule has 0 heterocycles. The van der Waals surface area contributed by atoms with Crippen molar-refractivity contribution in [3.8, 4) is 0 Å². The topological polar surface area (TPSA) is 40.5 Å². The van der Waals surface area contributed by atoms with Gasteiger partial charge < -0.3 is 10.0 Å². The third-order valence-electron chi connectivity index (χ3n) is 4.04. The summed E-state index contributed by atoms with van der Waals surface area (Å²) in [4.78, 5) is 0. The zero-order valence-corrected chi connectivity index (χ0v) is 14.3. The predicted octanol–water partition coefficient (Wildman–Crippen LogP) is 3.78. The monoisotopic (exact) mass is 308 g/mol. The molecule has 0 amide bonds. The zero-order valence-electron chi connectivity index (χ0n) is 14.3. The van der Waals surface area contributed by atoms with Crippen LogP contribution < -0.4 is 5.46 Å². The molecule has 0 unspecified atom stereocenters. The molecule has 0 saturated carbocycles. The highest BCUT2D eigenvalue weighted by atomic mass is 16.4. The van der Waals surface area contributed by atoms with Crippen molar-refractivity contribution in [2.45, 2.75) is 39.5 Å². The molecule has 0 spiro atoms. The van der Waals surface area contributed by atoms with Crippen LogP contribution in [-0.4, -0.2) is 17.2 Å². The van der Waals surface area contributed by atoms with Gasteiger partial charge in [-0.25, -0.2) is 0 Å². The van der Waals surface area contributed by atoms with E-state index in [0.717, 1.165) is 16.7 Å². The zero-order chi connectivity index (χ0) is 17.0. The van der Waals surface area contributed by atoms with Crippen LogP contribution in [0.2, 0.25) is 0 Å². The molecule has 2 N–H and O–H groups in total. The van der Waals surface area contributed by atoms with Crippen LogP contribution in [0.25, 0.3) is 12.2 Å². The Labute approximate surface area is 139 Å². The fourth-order valence-corrected chi connectivity index (χ4v) is 2.47. The van der Waals surface area contributed by atoms with Crippen LogP contribution in [0.1, 0.15) is 61.8 Å². The molecule has 0 fully saturated rings. The van der Waals surface area contributed by atoms with Crippen molar-refractivity contribution in [2.24, 2.45) is 0 Å². The summed E-state index contributed by atoms with van der Waals surface area (Å²) in [5.41, 5.74) is 5.08. The Balaban J connectivity index is 2.27. The van der Waals surface area contributed by atoms with E-state index in [1.807, 2.05) is 18.2 Å². The van der Waals surface area contributed by atoms with Gasteiger partial charge in [0.05, 0.1) is 0 Å². The molecular weight excluding hydrogens is 283 g/mol. The molecule has 0 atom stereocenters. The van der Waals surface area contributed by atoms with Crippen LogP contribution in [0, 0.1) is 0 Å². The maximum absolute atomic E-state index is 9.45. The van der Waals surface area contributed by atoms with Crippen LogP contribution >= 0.6 is 0 Å². The molecule has 2 aromatic carbocycles. The molecule has 0 aliphatic rings. The number of benzene rings is 2. The summed E-state index contributed by atoms with van der Waals surface area (Å²) in [7, 11) is -1.44. The Morgan fingerprint density at radius 2 is 1.30 bits per heavy atom. The summed E-state index contributed by atoms with van der Waals surface area (Å²) in [6.45, 7) is 8.57. The maximum atomic E-state index is 9.45. The van der Waals surface area contributed by atoms with Crippen molar-refractivity contribution in [1.82, 2.24) is 0 Å². The molecule has 0 aromatic heterocycles. The average Bonchev–Trinajstić information content (AvgIpc) is 2.52. The second kappa shape index (κ2) is 7.63. The van der Waals surface area contributed by atoms with Gasteiger partial charge in [0.1, 0.15) is 0 Å². The van der Waals surface area contributed by atoms with Gasteiger partial charge in [0.25, 0.3) is 0 Å². The van der Waals surface area contributed by atoms with Crippen LogP contribution in [0.15, 0.2) is 42.5 Å². The maximum Gasteiger partial charge on any atom is 0.488 e. The van der Waals surface area contributed by atoms with E-state index >= 15 is 0 Å². The van der Waals surface area contributed by atoms with Crippen molar-refractivity contribution in [3.05, 3.63) is 64.7 Å². The van der Waals surface area contributed by atoms with E-state index in [0.29, 0.717) is 17.3 Å². The van der Waals surface area contributed by atoms with E-state index in [4.69, 9.17) is 0 Å². The lowest BCUT2D eigenvalue weighted by molar-refractivity contribution is 0.425. The molecule has 120 valence electrons. The third kappa shape index (κ3) is 4.82. The number of rotatable bonds is 5. The highest BCUT2D eigenvalue weighted by molar-refractivity contribution is 6.58. The summed E-state index contributed by atoms with van der Waals surface area (Å²) in [6.07, 6.45) is 4.07. The lowest BCUT2D eigenvalue weighted by Gasteiger charge is -2.10. The molecule has 0 bridgehead atoms. The van der Waals surface area contributed by atoms with Crippen LogP contribution in [0.3, 0.4) is 0 Å². The van der Waals surface area contributed by atoms with Crippen molar-refractivity contribution in [2.75, 3.05) is 0 Å². The fraction of sp³-hybridized carbons (Fsp3) is 0.300. The largest absolute Gasteiger partial charge is 0.488 e. The van der Waals surface area contributed by atoms with E-state index in [1.54, 1.807) is 0 Å². The van der Waals surface area contributed by atoms with Gasteiger partial charge in [-0.15, -0.1) is 0 Å². The lowest BCUT2D eigenvalue weighted by Crippen LogP contribution is -2.30.